The number of nitrogens with zero attached hydrogens (tertiary/aromatic N) is 2. The Morgan fingerprint density at radius 1 is 1.23 bits per heavy atom. The largest absolute Gasteiger partial charge is 0.496 e. The van der Waals surface area contributed by atoms with Gasteiger partial charge in [-0.1, -0.05) is 18.2 Å². The van der Waals surface area contributed by atoms with E-state index >= 15 is 0 Å². The molecule has 2 aromatic rings. The molecule has 1 aliphatic rings. The first-order chi connectivity index (χ1) is 14.9. The molecule has 1 saturated heterocycles. The highest BCUT2D eigenvalue weighted by Gasteiger charge is 2.27. The van der Waals surface area contributed by atoms with Crippen LogP contribution in [0.2, 0.25) is 0 Å². The Morgan fingerprint density at radius 2 is 1.94 bits per heavy atom. The number of nitrogens with one attached hydrogen (secondary N) is 1. The average Bonchev–Trinajstić information content (AvgIpc) is 2.79. The number of nitro groups is 1. The number of carbonyl (C=O) groups excluding carboxylic acids is 2. The third-order valence-electron chi connectivity index (χ3n) is 5.36. The maximum Gasteiger partial charge on any atom is 0.282 e. The fourth-order valence-electron chi connectivity index (χ4n) is 3.64. The highest BCUT2D eigenvalue weighted by Crippen LogP contribution is 2.25. The van der Waals surface area contributed by atoms with Gasteiger partial charge >= 0.3 is 0 Å². The summed E-state index contributed by atoms with van der Waals surface area (Å²) in [5.74, 6) is 0.242. The Hall–Kier alpha value is -3.07. The number of amides is 2. The molecular weight excluding hydrogens is 418 g/mol. The van der Waals surface area contributed by atoms with Crippen LogP contribution < -0.4 is 10.1 Å². The second-order valence-electron chi connectivity index (χ2n) is 7.26. The number of rotatable bonds is 7. The first-order valence-corrected chi connectivity index (χ1v) is 11.2. The minimum absolute atomic E-state index is 0.0117. The summed E-state index contributed by atoms with van der Waals surface area (Å²) in [7, 11) is 1.58. The molecule has 0 bridgehead atoms. The molecule has 0 saturated carbocycles. The first kappa shape index (κ1) is 22.6. The van der Waals surface area contributed by atoms with E-state index in [0.29, 0.717) is 31.7 Å². The predicted molar refractivity (Wildman–Crippen MR) is 119 cm³/mol. The molecule has 0 aromatic heterocycles. The van der Waals surface area contributed by atoms with Crippen LogP contribution >= 0.6 is 11.8 Å². The van der Waals surface area contributed by atoms with Gasteiger partial charge in [0.15, 0.2) is 0 Å². The van der Waals surface area contributed by atoms with Gasteiger partial charge in [0.05, 0.1) is 18.5 Å². The molecule has 0 spiro atoms. The van der Waals surface area contributed by atoms with Crippen LogP contribution in [0.25, 0.3) is 0 Å². The maximum atomic E-state index is 12.7. The van der Waals surface area contributed by atoms with Crippen molar-refractivity contribution in [2.45, 2.75) is 30.2 Å². The Morgan fingerprint density at radius 3 is 2.58 bits per heavy atom. The summed E-state index contributed by atoms with van der Waals surface area (Å²) >= 11 is 1.42. The fourth-order valence-corrected chi connectivity index (χ4v) is 4.08. The van der Waals surface area contributed by atoms with Crippen LogP contribution in [0.3, 0.4) is 0 Å². The van der Waals surface area contributed by atoms with Crippen molar-refractivity contribution in [2.24, 2.45) is 0 Å². The van der Waals surface area contributed by atoms with Crippen LogP contribution in [-0.2, 0) is 11.2 Å². The quantitative estimate of drug-likeness (QED) is 0.400. The van der Waals surface area contributed by atoms with Gasteiger partial charge in [-0.15, -0.1) is 11.8 Å². The van der Waals surface area contributed by atoms with Crippen molar-refractivity contribution in [3.8, 4) is 5.75 Å². The summed E-state index contributed by atoms with van der Waals surface area (Å²) in [6.07, 6.45) is 3.30. The minimum Gasteiger partial charge on any atom is -0.496 e. The minimum atomic E-state index is -0.544. The number of nitro benzene ring substituents is 1. The van der Waals surface area contributed by atoms with Crippen molar-refractivity contribution in [2.75, 3.05) is 26.5 Å². The van der Waals surface area contributed by atoms with Gasteiger partial charge < -0.3 is 15.0 Å². The van der Waals surface area contributed by atoms with E-state index in [1.165, 1.54) is 17.8 Å². The zero-order valence-electron chi connectivity index (χ0n) is 17.5. The van der Waals surface area contributed by atoms with Crippen molar-refractivity contribution in [1.29, 1.82) is 0 Å². The third-order valence-corrected chi connectivity index (χ3v) is 6.09. The van der Waals surface area contributed by atoms with Crippen molar-refractivity contribution in [3.63, 3.8) is 0 Å². The van der Waals surface area contributed by atoms with Gasteiger partial charge in [-0.05, 0) is 37.3 Å². The van der Waals surface area contributed by atoms with Gasteiger partial charge in [0.25, 0.3) is 11.6 Å². The molecule has 0 aliphatic carbocycles. The summed E-state index contributed by atoms with van der Waals surface area (Å²) in [6.45, 7) is 1.04. The van der Waals surface area contributed by atoms with Gasteiger partial charge in [0, 0.05) is 35.7 Å². The summed E-state index contributed by atoms with van der Waals surface area (Å²) in [5, 5.41) is 14.2. The number of hydrogen-bond donors (Lipinski definition) is 1. The number of methoxy groups -OCH3 is 1. The molecule has 164 valence electrons. The smallest absolute Gasteiger partial charge is 0.282 e. The Kier molecular flexibility index (Phi) is 7.51. The van der Waals surface area contributed by atoms with Crippen molar-refractivity contribution in [3.05, 3.63) is 63.7 Å². The highest BCUT2D eigenvalue weighted by atomic mass is 32.2. The lowest BCUT2D eigenvalue weighted by molar-refractivity contribution is -0.385. The molecule has 9 heteroatoms. The number of piperidine rings is 1. The molecule has 1 N–H and O–H groups in total. The zero-order chi connectivity index (χ0) is 22.4. The number of benzene rings is 2. The molecule has 3 rings (SSSR count). The molecule has 1 aliphatic heterocycles. The molecule has 0 unspecified atom stereocenters. The molecule has 2 amide bonds. The number of ether oxygens (including phenoxy) is 1. The van der Waals surface area contributed by atoms with Crippen molar-refractivity contribution >= 4 is 29.3 Å². The topological polar surface area (TPSA) is 102 Å². The molecule has 0 radical (unpaired) electrons. The van der Waals surface area contributed by atoms with Crippen molar-refractivity contribution < 1.29 is 19.2 Å². The van der Waals surface area contributed by atoms with Gasteiger partial charge in [0.2, 0.25) is 5.91 Å². The van der Waals surface area contributed by atoms with E-state index in [2.05, 4.69) is 5.32 Å². The Labute approximate surface area is 185 Å². The highest BCUT2D eigenvalue weighted by molar-refractivity contribution is 7.98. The summed E-state index contributed by atoms with van der Waals surface area (Å²) in [6, 6.07) is 11.8. The van der Waals surface area contributed by atoms with Crippen LogP contribution in [0.15, 0.2) is 47.4 Å². The first-order valence-electron chi connectivity index (χ1n) is 9.96. The van der Waals surface area contributed by atoms with E-state index in [1.807, 2.05) is 30.5 Å². The van der Waals surface area contributed by atoms with Crippen LogP contribution in [-0.4, -0.2) is 54.1 Å². The van der Waals surface area contributed by atoms with E-state index in [-0.39, 0.29) is 29.6 Å². The fraction of sp³-hybridized carbons (Fsp3) is 0.364. The number of hydrogen-bond acceptors (Lipinski definition) is 6. The average molecular weight is 444 g/mol. The molecule has 2 aromatic carbocycles. The Bertz CT molecular complexity index is 973. The lowest BCUT2D eigenvalue weighted by atomic mass is 10.0. The summed E-state index contributed by atoms with van der Waals surface area (Å²) < 4.78 is 5.31. The van der Waals surface area contributed by atoms with Crippen LogP contribution in [0.1, 0.15) is 28.8 Å². The summed E-state index contributed by atoms with van der Waals surface area (Å²) in [4.78, 5) is 38.7. The van der Waals surface area contributed by atoms with E-state index in [1.54, 1.807) is 24.1 Å². The monoisotopic (exact) mass is 443 g/mol. The summed E-state index contributed by atoms with van der Waals surface area (Å²) in [5.41, 5.74) is 0.692. The second-order valence-corrected chi connectivity index (χ2v) is 8.14. The molecule has 1 fully saturated rings. The second kappa shape index (κ2) is 10.3. The predicted octanol–water partition coefficient (Wildman–Crippen LogP) is 3.29. The van der Waals surface area contributed by atoms with Crippen LogP contribution in [0.5, 0.6) is 5.75 Å². The third kappa shape index (κ3) is 5.55. The molecular formula is C22H25N3O5S. The Balaban J connectivity index is 1.58. The van der Waals surface area contributed by atoms with E-state index in [4.69, 9.17) is 4.74 Å². The van der Waals surface area contributed by atoms with Gasteiger partial charge in [-0.2, -0.15) is 0 Å². The molecule has 0 atom stereocenters. The van der Waals surface area contributed by atoms with Gasteiger partial charge in [-0.3, -0.25) is 19.7 Å². The lowest BCUT2D eigenvalue weighted by Gasteiger charge is -2.32. The van der Waals surface area contributed by atoms with Crippen LogP contribution in [0, 0.1) is 10.1 Å². The number of carbonyl (C=O) groups is 2. The van der Waals surface area contributed by atoms with Crippen LogP contribution in [0.4, 0.5) is 5.69 Å². The zero-order valence-corrected chi connectivity index (χ0v) is 18.3. The standard InChI is InChI=1S/C22H25N3O5S/c1-30-20-6-4-3-5-15(20)13-21(26)24-11-9-16(10-12-24)23-22(27)18-14-17(31-2)7-8-19(18)25(28)29/h3-8,14,16H,9-13H2,1-2H3,(H,23,27). The van der Waals surface area contributed by atoms with Gasteiger partial charge in [-0.25, -0.2) is 0 Å². The molecule has 31 heavy (non-hydrogen) atoms. The normalized spacial score (nSPS) is 14.2. The lowest BCUT2D eigenvalue weighted by Crippen LogP contribution is -2.47. The van der Waals surface area contributed by atoms with Gasteiger partial charge in [0.1, 0.15) is 11.3 Å². The SMILES string of the molecule is COc1ccccc1CC(=O)N1CCC(NC(=O)c2cc(SC)ccc2[N+](=O)[O-])CC1. The maximum absolute atomic E-state index is 12.7. The van der Waals surface area contributed by atoms with E-state index in [0.717, 1.165) is 10.5 Å². The van der Waals surface area contributed by atoms with E-state index in [9.17, 15) is 19.7 Å². The number of likely N-dealkylation sites (tertiary alicyclic amines) is 1. The van der Waals surface area contributed by atoms with Crippen molar-refractivity contribution in [1.82, 2.24) is 10.2 Å². The molecule has 8 nitrogen and oxygen atoms in total. The number of para-hydroxylation sites is 1. The van der Waals surface area contributed by atoms with E-state index < -0.39 is 10.8 Å². The number of thioether (sulfide) groups is 1. The molecule has 1 heterocycles.